The van der Waals surface area contributed by atoms with Gasteiger partial charge in [-0.2, -0.15) is 4.31 Å². The van der Waals surface area contributed by atoms with E-state index in [2.05, 4.69) is 5.32 Å². The van der Waals surface area contributed by atoms with Gasteiger partial charge in [-0.25, -0.2) is 8.42 Å². The number of ether oxygens (including phenoxy) is 1. The van der Waals surface area contributed by atoms with Crippen LogP contribution in [0.1, 0.15) is 32.3 Å². The molecular weight excluding hydrogens is 458 g/mol. The smallest absolute Gasteiger partial charge is 0.316 e. The lowest BCUT2D eigenvalue weighted by Gasteiger charge is -2.20. The standard InChI is InChI=1S/C24H27N3O6S/c1-3-26(4-2)34(31,32)20-9-6-18(7-10-20)27-15-17(14-23(27)29)24(30)33-19-8-11-21-16(13-19)5-12-22(28)25-21/h6-11,13,17H,3-5,12,14-15H2,1-2H3,(H,25,28). The van der Waals surface area contributed by atoms with Crippen LogP contribution in [0.4, 0.5) is 11.4 Å². The summed E-state index contributed by atoms with van der Waals surface area (Å²) in [4.78, 5) is 38.5. The first kappa shape index (κ1) is 23.9. The van der Waals surface area contributed by atoms with Crippen molar-refractivity contribution in [3.8, 4) is 5.75 Å². The number of hydrogen-bond acceptors (Lipinski definition) is 6. The lowest BCUT2D eigenvalue weighted by molar-refractivity contribution is -0.139. The number of esters is 1. The minimum atomic E-state index is -3.59. The van der Waals surface area contributed by atoms with Gasteiger partial charge in [0.2, 0.25) is 21.8 Å². The number of carbonyl (C=O) groups is 3. The van der Waals surface area contributed by atoms with Crippen LogP contribution in [0.3, 0.4) is 0 Å². The highest BCUT2D eigenvalue weighted by Gasteiger charge is 2.36. The van der Waals surface area contributed by atoms with E-state index in [1.165, 1.54) is 21.3 Å². The van der Waals surface area contributed by atoms with Crippen LogP contribution in [0, 0.1) is 5.92 Å². The fraction of sp³-hybridized carbons (Fsp3) is 0.375. The fourth-order valence-electron chi connectivity index (χ4n) is 4.25. The molecule has 34 heavy (non-hydrogen) atoms. The molecule has 2 aliphatic heterocycles. The Hall–Kier alpha value is -3.24. The molecule has 10 heteroatoms. The number of carbonyl (C=O) groups excluding carboxylic acids is 3. The summed E-state index contributed by atoms with van der Waals surface area (Å²) in [7, 11) is -3.59. The second-order valence-electron chi connectivity index (χ2n) is 8.28. The van der Waals surface area contributed by atoms with Gasteiger partial charge >= 0.3 is 5.97 Å². The van der Waals surface area contributed by atoms with Gasteiger partial charge in [0.15, 0.2) is 0 Å². The SMILES string of the molecule is CCN(CC)S(=O)(=O)c1ccc(N2CC(C(=O)Oc3ccc4c(c3)CCC(=O)N4)CC2=O)cc1. The van der Waals surface area contributed by atoms with Gasteiger partial charge in [0, 0.05) is 43.9 Å². The molecule has 0 aliphatic carbocycles. The molecule has 2 heterocycles. The van der Waals surface area contributed by atoms with E-state index in [-0.39, 0.29) is 29.7 Å². The summed E-state index contributed by atoms with van der Waals surface area (Å²) >= 11 is 0. The summed E-state index contributed by atoms with van der Waals surface area (Å²) in [6.07, 6.45) is 0.965. The van der Waals surface area contributed by atoms with Crippen molar-refractivity contribution in [1.29, 1.82) is 0 Å². The number of fused-ring (bicyclic) bond motifs is 1. The monoisotopic (exact) mass is 485 g/mol. The van der Waals surface area contributed by atoms with Crippen molar-refractivity contribution in [2.75, 3.05) is 29.9 Å². The van der Waals surface area contributed by atoms with Crippen molar-refractivity contribution in [1.82, 2.24) is 4.31 Å². The van der Waals surface area contributed by atoms with Crippen LogP contribution < -0.4 is 15.0 Å². The molecule has 1 atom stereocenters. The molecule has 0 saturated carbocycles. The molecule has 180 valence electrons. The third-order valence-corrected chi connectivity index (χ3v) is 8.20. The Morgan fingerprint density at radius 2 is 1.79 bits per heavy atom. The Balaban J connectivity index is 1.43. The Bertz CT molecular complexity index is 1220. The Morgan fingerprint density at radius 1 is 1.09 bits per heavy atom. The first-order valence-electron chi connectivity index (χ1n) is 11.3. The van der Waals surface area contributed by atoms with Crippen LogP contribution >= 0.6 is 0 Å². The molecule has 1 unspecified atom stereocenters. The normalized spacial score (nSPS) is 18.1. The third-order valence-electron chi connectivity index (χ3n) is 6.14. The Morgan fingerprint density at radius 3 is 2.47 bits per heavy atom. The molecule has 4 rings (SSSR count). The summed E-state index contributed by atoms with van der Waals surface area (Å²) < 4.78 is 32.2. The molecule has 2 aromatic rings. The molecule has 0 aromatic heterocycles. The largest absolute Gasteiger partial charge is 0.426 e. The van der Waals surface area contributed by atoms with E-state index < -0.39 is 21.9 Å². The molecule has 2 aliphatic rings. The maximum absolute atomic E-state index is 12.7. The van der Waals surface area contributed by atoms with Crippen molar-refractivity contribution >= 4 is 39.2 Å². The topological polar surface area (TPSA) is 113 Å². The second kappa shape index (κ2) is 9.55. The van der Waals surface area contributed by atoms with Gasteiger partial charge in [-0.05, 0) is 54.4 Å². The fourth-order valence-corrected chi connectivity index (χ4v) is 5.71. The van der Waals surface area contributed by atoms with Crippen LogP contribution in [-0.2, 0) is 30.8 Å². The third kappa shape index (κ3) is 4.69. The number of amides is 2. The average Bonchev–Trinajstić information content (AvgIpc) is 3.21. The van der Waals surface area contributed by atoms with Gasteiger partial charge in [-0.3, -0.25) is 14.4 Å². The van der Waals surface area contributed by atoms with E-state index in [4.69, 9.17) is 4.74 Å². The van der Waals surface area contributed by atoms with Gasteiger partial charge in [-0.15, -0.1) is 0 Å². The van der Waals surface area contributed by atoms with Crippen molar-refractivity contribution in [2.45, 2.75) is 38.0 Å². The maximum atomic E-state index is 12.7. The summed E-state index contributed by atoms with van der Waals surface area (Å²) in [6, 6.07) is 11.2. The van der Waals surface area contributed by atoms with Crippen LogP contribution in [0.2, 0.25) is 0 Å². The molecule has 0 radical (unpaired) electrons. The molecule has 2 aromatic carbocycles. The lowest BCUT2D eigenvalue weighted by Crippen LogP contribution is -2.30. The van der Waals surface area contributed by atoms with E-state index in [0.29, 0.717) is 43.1 Å². The Kier molecular flexibility index (Phi) is 6.72. The minimum Gasteiger partial charge on any atom is -0.426 e. The average molecular weight is 486 g/mol. The number of sulfonamides is 1. The number of nitrogens with zero attached hydrogens (tertiary/aromatic N) is 2. The predicted molar refractivity (Wildman–Crippen MR) is 126 cm³/mol. The zero-order valence-electron chi connectivity index (χ0n) is 19.1. The number of nitrogens with one attached hydrogen (secondary N) is 1. The van der Waals surface area contributed by atoms with E-state index in [0.717, 1.165) is 5.56 Å². The highest BCUT2D eigenvalue weighted by atomic mass is 32.2. The number of aryl methyl sites for hydroxylation is 1. The first-order valence-corrected chi connectivity index (χ1v) is 12.7. The zero-order chi connectivity index (χ0) is 24.5. The van der Waals surface area contributed by atoms with Crippen LogP contribution in [0.25, 0.3) is 0 Å². The summed E-state index contributed by atoms with van der Waals surface area (Å²) in [5, 5.41) is 2.78. The molecule has 0 spiro atoms. The molecule has 1 N–H and O–H groups in total. The summed E-state index contributed by atoms with van der Waals surface area (Å²) in [5.41, 5.74) is 2.14. The van der Waals surface area contributed by atoms with Gasteiger partial charge in [0.05, 0.1) is 10.8 Å². The lowest BCUT2D eigenvalue weighted by atomic mass is 10.0. The molecule has 9 nitrogen and oxygen atoms in total. The minimum absolute atomic E-state index is 0.0132. The molecule has 1 fully saturated rings. The molecule has 1 saturated heterocycles. The van der Waals surface area contributed by atoms with E-state index in [1.807, 2.05) is 0 Å². The summed E-state index contributed by atoms with van der Waals surface area (Å²) in [6.45, 7) is 4.45. The summed E-state index contributed by atoms with van der Waals surface area (Å²) in [5.74, 6) is -1.04. The highest BCUT2D eigenvalue weighted by Crippen LogP contribution is 2.30. The van der Waals surface area contributed by atoms with Gasteiger partial charge in [-0.1, -0.05) is 13.8 Å². The molecular formula is C24H27N3O6S. The van der Waals surface area contributed by atoms with Crippen molar-refractivity contribution in [3.05, 3.63) is 48.0 Å². The second-order valence-corrected chi connectivity index (χ2v) is 10.2. The van der Waals surface area contributed by atoms with Crippen molar-refractivity contribution in [2.24, 2.45) is 5.92 Å². The van der Waals surface area contributed by atoms with E-state index >= 15 is 0 Å². The van der Waals surface area contributed by atoms with Gasteiger partial charge in [0.25, 0.3) is 0 Å². The van der Waals surface area contributed by atoms with Crippen LogP contribution in [0.15, 0.2) is 47.4 Å². The van der Waals surface area contributed by atoms with Crippen LogP contribution in [-0.4, -0.2) is 50.1 Å². The first-order chi connectivity index (χ1) is 16.2. The number of hydrogen-bond donors (Lipinski definition) is 1. The number of anilines is 2. The molecule has 0 bridgehead atoms. The number of rotatable bonds is 7. The molecule has 2 amide bonds. The van der Waals surface area contributed by atoms with E-state index in [1.54, 1.807) is 44.2 Å². The Labute approximate surface area is 198 Å². The van der Waals surface area contributed by atoms with E-state index in [9.17, 15) is 22.8 Å². The quantitative estimate of drug-likeness (QED) is 0.476. The van der Waals surface area contributed by atoms with Crippen LogP contribution in [0.5, 0.6) is 5.75 Å². The highest BCUT2D eigenvalue weighted by molar-refractivity contribution is 7.89. The van der Waals surface area contributed by atoms with Crippen molar-refractivity contribution < 1.29 is 27.5 Å². The van der Waals surface area contributed by atoms with Crippen molar-refractivity contribution in [3.63, 3.8) is 0 Å². The zero-order valence-corrected chi connectivity index (χ0v) is 19.9. The predicted octanol–water partition coefficient (Wildman–Crippen LogP) is 2.56. The number of benzene rings is 2. The van der Waals surface area contributed by atoms with Gasteiger partial charge in [0.1, 0.15) is 5.75 Å². The maximum Gasteiger partial charge on any atom is 0.316 e. The van der Waals surface area contributed by atoms with Gasteiger partial charge < -0.3 is 15.0 Å².